The number of carbonyl (C=O) groups is 3. The first-order valence-corrected chi connectivity index (χ1v) is 13.7. The van der Waals surface area contributed by atoms with Crippen molar-refractivity contribution in [3.8, 4) is 0 Å². The second kappa shape index (κ2) is 8.92. The van der Waals surface area contributed by atoms with Crippen LogP contribution in [0.5, 0.6) is 0 Å². The molecule has 8 fully saturated rings. The maximum atomic E-state index is 13.3. The molecule has 0 aromatic carbocycles. The Bertz CT molecular complexity index is 891. The number of esters is 3. The van der Waals surface area contributed by atoms with Crippen LogP contribution < -0.4 is 0 Å². The average Bonchev–Trinajstić information content (AvgIpc) is 3.45. The molecular formula is C26H35NO9. The summed E-state index contributed by atoms with van der Waals surface area (Å²) in [6.07, 6.45) is 2.80. The molecule has 4 aliphatic carbocycles. The van der Waals surface area contributed by atoms with Crippen molar-refractivity contribution in [2.75, 3.05) is 32.8 Å². The summed E-state index contributed by atoms with van der Waals surface area (Å²) in [6.45, 7) is 4.33. The average molecular weight is 506 g/mol. The third-order valence-electron chi connectivity index (χ3n) is 9.67. The molecule has 4 heterocycles. The number of carbonyl (C=O) groups excluding carboxylic acids is 3. The summed E-state index contributed by atoms with van der Waals surface area (Å²) < 4.78 is 34.6. The van der Waals surface area contributed by atoms with Crippen LogP contribution in [-0.2, 0) is 42.8 Å². The fourth-order valence-electron chi connectivity index (χ4n) is 8.46. The summed E-state index contributed by atoms with van der Waals surface area (Å²) >= 11 is 0. The van der Waals surface area contributed by atoms with E-state index in [0.29, 0.717) is 38.1 Å². The maximum absolute atomic E-state index is 13.3. The van der Waals surface area contributed by atoms with Crippen LogP contribution in [0.2, 0.25) is 0 Å². The quantitative estimate of drug-likeness (QED) is 0.281. The SMILES string of the molecule is CC(OC(=O)C1C2OC3C(OC(=O)C31)C2OC(=O)CN1CCOCC1)OC1C2CC3CC(C2)CC1C3. The summed E-state index contributed by atoms with van der Waals surface area (Å²) in [6, 6.07) is 0. The number of morpholine rings is 1. The van der Waals surface area contributed by atoms with E-state index in [9.17, 15) is 14.4 Å². The number of hydrogen-bond donors (Lipinski definition) is 0. The molecule has 4 aliphatic heterocycles. The number of hydrogen-bond acceptors (Lipinski definition) is 10. The molecule has 4 saturated carbocycles. The summed E-state index contributed by atoms with van der Waals surface area (Å²) in [5.41, 5.74) is 0. The second-order valence-electron chi connectivity index (χ2n) is 11.9. The van der Waals surface area contributed by atoms with Gasteiger partial charge in [0.1, 0.15) is 24.0 Å². The van der Waals surface area contributed by atoms with Gasteiger partial charge < -0.3 is 28.4 Å². The lowest BCUT2D eigenvalue weighted by molar-refractivity contribution is -0.223. The molecule has 6 bridgehead atoms. The number of rotatable bonds is 7. The zero-order valence-electron chi connectivity index (χ0n) is 20.6. The van der Waals surface area contributed by atoms with E-state index < -0.39 is 60.4 Å². The summed E-state index contributed by atoms with van der Waals surface area (Å²) in [5.74, 6) is -0.291. The number of fused-ring (bicyclic) bond motifs is 1. The summed E-state index contributed by atoms with van der Waals surface area (Å²) in [7, 11) is 0. The smallest absolute Gasteiger partial charge is 0.320 e. The normalized spacial score (nSPS) is 47.1. The van der Waals surface area contributed by atoms with Crippen LogP contribution >= 0.6 is 0 Å². The standard InChI is InChI=1S/C26H35NO9/c1-12(32-20-15-7-13-6-14(9-15)10-16(20)8-13)33-25(29)18-19-22-24(36-26(19)30)23(21(18)35-22)34-17(28)11-27-2-4-31-5-3-27/h12-16,18-24H,2-11H2,1H3. The highest BCUT2D eigenvalue weighted by atomic mass is 16.7. The van der Waals surface area contributed by atoms with Gasteiger partial charge in [-0.25, -0.2) is 0 Å². The molecule has 0 aromatic heterocycles. The van der Waals surface area contributed by atoms with Gasteiger partial charge in [0.15, 0.2) is 18.5 Å². The molecule has 0 radical (unpaired) electrons. The lowest BCUT2D eigenvalue weighted by Gasteiger charge is -2.54. The van der Waals surface area contributed by atoms with Crippen LogP contribution in [0.4, 0.5) is 0 Å². The molecule has 10 heteroatoms. The fraction of sp³-hybridized carbons (Fsp3) is 0.885. The Kier molecular flexibility index (Phi) is 5.79. The van der Waals surface area contributed by atoms with E-state index in [1.54, 1.807) is 6.92 Å². The van der Waals surface area contributed by atoms with Gasteiger partial charge in [0.25, 0.3) is 0 Å². The highest BCUT2D eigenvalue weighted by molar-refractivity contribution is 5.87. The number of nitrogens with zero attached hydrogens (tertiary/aromatic N) is 1. The Balaban J connectivity index is 0.991. The highest BCUT2D eigenvalue weighted by Gasteiger charge is 2.72. The van der Waals surface area contributed by atoms with Gasteiger partial charge in [0, 0.05) is 13.1 Å². The van der Waals surface area contributed by atoms with Crippen molar-refractivity contribution in [2.45, 2.75) is 75.8 Å². The first kappa shape index (κ1) is 23.4. The van der Waals surface area contributed by atoms with Gasteiger partial charge in [-0.15, -0.1) is 0 Å². The van der Waals surface area contributed by atoms with E-state index in [1.807, 2.05) is 4.90 Å². The van der Waals surface area contributed by atoms with E-state index in [4.69, 9.17) is 28.4 Å². The van der Waals surface area contributed by atoms with E-state index >= 15 is 0 Å². The highest BCUT2D eigenvalue weighted by Crippen LogP contribution is 2.55. The molecule has 198 valence electrons. The Morgan fingerprint density at radius 1 is 0.972 bits per heavy atom. The molecule has 0 spiro atoms. The molecule has 0 aromatic rings. The Labute approximate surface area is 210 Å². The summed E-state index contributed by atoms with van der Waals surface area (Å²) in [5, 5.41) is 0. The van der Waals surface area contributed by atoms with Gasteiger partial charge in [-0.2, -0.15) is 0 Å². The third kappa shape index (κ3) is 3.87. The lowest BCUT2D eigenvalue weighted by Crippen LogP contribution is -2.51. The minimum atomic E-state index is -0.869. The van der Waals surface area contributed by atoms with Gasteiger partial charge in [0.05, 0.1) is 25.9 Å². The van der Waals surface area contributed by atoms with Crippen molar-refractivity contribution in [1.29, 1.82) is 0 Å². The summed E-state index contributed by atoms with van der Waals surface area (Å²) in [4.78, 5) is 40.6. The molecule has 7 atom stereocenters. The van der Waals surface area contributed by atoms with Crippen LogP contribution in [0.1, 0.15) is 39.0 Å². The lowest BCUT2D eigenvalue weighted by atomic mass is 9.55. The molecule has 8 rings (SSSR count). The van der Waals surface area contributed by atoms with Crippen molar-refractivity contribution in [1.82, 2.24) is 4.90 Å². The Hall–Kier alpha value is -1.75. The molecule has 0 amide bonds. The van der Waals surface area contributed by atoms with Crippen molar-refractivity contribution in [2.24, 2.45) is 35.5 Å². The molecule has 8 aliphatic rings. The first-order chi connectivity index (χ1) is 17.4. The topological polar surface area (TPSA) is 110 Å². The van der Waals surface area contributed by atoms with Crippen LogP contribution in [0.25, 0.3) is 0 Å². The van der Waals surface area contributed by atoms with E-state index in [-0.39, 0.29) is 12.6 Å². The predicted octanol–water partition coefficient (Wildman–Crippen LogP) is 0.900. The van der Waals surface area contributed by atoms with Gasteiger partial charge >= 0.3 is 17.9 Å². The third-order valence-corrected chi connectivity index (χ3v) is 9.67. The van der Waals surface area contributed by atoms with Crippen LogP contribution in [0.3, 0.4) is 0 Å². The zero-order valence-corrected chi connectivity index (χ0v) is 20.6. The molecular weight excluding hydrogens is 470 g/mol. The van der Waals surface area contributed by atoms with Crippen molar-refractivity contribution < 1.29 is 42.8 Å². The van der Waals surface area contributed by atoms with Crippen molar-refractivity contribution in [3.63, 3.8) is 0 Å². The van der Waals surface area contributed by atoms with Crippen LogP contribution in [0, 0.1) is 35.5 Å². The molecule has 36 heavy (non-hydrogen) atoms. The molecule has 0 N–H and O–H groups in total. The van der Waals surface area contributed by atoms with E-state index in [1.165, 1.54) is 32.1 Å². The van der Waals surface area contributed by atoms with Crippen molar-refractivity contribution in [3.05, 3.63) is 0 Å². The van der Waals surface area contributed by atoms with Crippen molar-refractivity contribution >= 4 is 17.9 Å². The van der Waals surface area contributed by atoms with Gasteiger partial charge in [-0.05, 0) is 62.7 Å². The first-order valence-electron chi connectivity index (χ1n) is 13.7. The van der Waals surface area contributed by atoms with E-state index in [0.717, 1.165) is 11.8 Å². The molecule has 4 saturated heterocycles. The monoisotopic (exact) mass is 505 g/mol. The molecule has 7 unspecified atom stereocenters. The van der Waals surface area contributed by atoms with Gasteiger partial charge in [-0.1, -0.05) is 0 Å². The van der Waals surface area contributed by atoms with Gasteiger partial charge in [0.2, 0.25) is 0 Å². The minimum absolute atomic E-state index is 0.118. The van der Waals surface area contributed by atoms with Crippen LogP contribution in [0.15, 0.2) is 0 Å². The Morgan fingerprint density at radius 2 is 1.67 bits per heavy atom. The fourth-order valence-corrected chi connectivity index (χ4v) is 8.46. The van der Waals surface area contributed by atoms with Gasteiger partial charge in [-0.3, -0.25) is 19.3 Å². The zero-order chi connectivity index (χ0) is 24.6. The minimum Gasteiger partial charge on any atom is -0.455 e. The molecule has 10 nitrogen and oxygen atoms in total. The number of ether oxygens (including phenoxy) is 6. The largest absolute Gasteiger partial charge is 0.455 e. The Morgan fingerprint density at radius 3 is 2.36 bits per heavy atom. The predicted molar refractivity (Wildman–Crippen MR) is 120 cm³/mol. The van der Waals surface area contributed by atoms with Crippen LogP contribution in [-0.4, -0.2) is 92.5 Å². The maximum Gasteiger partial charge on any atom is 0.320 e. The van der Waals surface area contributed by atoms with E-state index in [2.05, 4.69) is 0 Å². The second-order valence-corrected chi connectivity index (χ2v) is 11.9.